The van der Waals surface area contributed by atoms with Gasteiger partial charge in [-0.2, -0.15) is 0 Å². The molecule has 0 aromatic carbocycles. The molecule has 0 saturated heterocycles. The van der Waals surface area contributed by atoms with E-state index in [9.17, 15) is 0 Å². The number of nitrogens with one attached hydrogen (secondary N) is 1. The first-order valence-corrected chi connectivity index (χ1v) is 4.01. The zero-order valence-electron chi connectivity index (χ0n) is 7.94. The third-order valence-electron chi connectivity index (χ3n) is 1.88. The standard InChI is InChI=1S/C9H18N2/c1-6-7(2)8(3)11-9(4)10-5/h7H,3,6H2,1-2,4-5H3,(H,10,11)/t7-/m1/s1. The van der Waals surface area contributed by atoms with Crippen LogP contribution in [0.4, 0.5) is 0 Å². The minimum absolute atomic E-state index is 0.520. The molecule has 0 heterocycles. The van der Waals surface area contributed by atoms with Crippen LogP contribution < -0.4 is 5.32 Å². The number of allylic oxidation sites excluding steroid dienone is 1. The van der Waals surface area contributed by atoms with Crippen LogP contribution in [0.15, 0.2) is 17.3 Å². The fourth-order valence-electron chi connectivity index (χ4n) is 0.658. The molecule has 0 aromatic rings. The van der Waals surface area contributed by atoms with Crippen molar-refractivity contribution in [2.75, 3.05) is 7.05 Å². The van der Waals surface area contributed by atoms with Crippen molar-refractivity contribution in [2.45, 2.75) is 27.2 Å². The maximum atomic E-state index is 3.99. The lowest BCUT2D eigenvalue weighted by Gasteiger charge is -2.13. The Hall–Kier alpha value is -0.790. The molecule has 0 saturated carbocycles. The number of hydrogen-bond donors (Lipinski definition) is 1. The first-order valence-electron chi connectivity index (χ1n) is 4.01. The highest BCUT2D eigenvalue weighted by Gasteiger charge is 2.02. The van der Waals surface area contributed by atoms with Gasteiger partial charge in [0.15, 0.2) is 0 Å². The van der Waals surface area contributed by atoms with E-state index >= 15 is 0 Å². The van der Waals surface area contributed by atoms with Crippen LogP contribution in [0.25, 0.3) is 0 Å². The van der Waals surface area contributed by atoms with Crippen LogP contribution in [0.1, 0.15) is 27.2 Å². The largest absolute Gasteiger partial charge is 0.348 e. The third-order valence-corrected chi connectivity index (χ3v) is 1.88. The SMILES string of the molecule is C=C(NC(C)=NC)[C@H](C)CC. The summed E-state index contributed by atoms with van der Waals surface area (Å²) in [6.45, 7) is 10.2. The van der Waals surface area contributed by atoms with E-state index in [1.807, 2.05) is 6.92 Å². The summed E-state index contributed by atoms with van der Waals surface area (Å²) in [5, 5.41) is 3.14. The van der Waals surface area contributed by atoms with Gasteiger partial charge in [0.2, 0.25) is 0 Å². The summed E-state index contributed by atoms with van der Waals surface area (Å²) in [5.41, 5.74) is 1.05. The van der Waals surface area contributed by atoms with E-state index in [0.717, 1.165) is 18.0 Å². The second-order valence-corrected chi connectivity index (χ2v) is 2.77. The smallest absolute Gasteiger partial charge is 0.0969 e. The Kier molecular flexibility index (Phi) is 4.59. The highest BCUT2D eigenvalue weighted by molar-refractivity contribution is 5.80. The fourth-order valence-corrected chi connectivity index (χ4v) is 0.658. The first kappa shape index (κ1) is 10.2. The summed E-state index contributed by atoms with van der Waals surface area (Å²) in [4.78, 5) is 3.99. The molecule has 0 aliphatic carbocycles. The summed E-state index contributed by atoms with van der Waals surface area (Å²) in [7, 11) is 1.77. The van der Waals surface area contributed by atoms with Crippen molar-refractivity contribution >= 4 is 5.84 Å². The minimum atomic E-state index is 0.520. The molecule has 2 heteroatoms. The highest BCUT2D eigenvalue weighted by atomic mass is 15.0. The summed E-state index contributed by atoms with van der Waals surface area (Å²) >= 11 is 0. The van der Waals surface area contributed by atoms with Crippen LogP contribution in [0.3, 0.4) is 0 Å². The van der Waals surface area contributed by atoms with Gasteiger partial charge >= 0.3 is 0 Å². The van der Waals surface area contributed by atoms with E-state index in [4.69, 9.17) is 0 Å². The molecule has 2 nitrogen and oxygen atoms in total. The quantitative estimate of drug-likeness (QED) is 0.489. The van der Waals surface area contributed by atoms with Crippen molar-refractivity contribution in [3.63, 3.8) is 0 Å². The number of amidine groups is 1. The molecule has 0 radical (unpaired) electrons. The van der Waals surface area contributed by atoms with Crippen LogP contribution >= 0.6 is 0 Å². The van der Waals surface area contributed by atoms with E-state index in [0.29, 0.717) is 5.92 Å². The molecular weight excluding hydrogens is 136 g/mol. The van der Waals surface area contributed by atoms with E-state index < -0.39 is 0 Å². The van der Waals surface area contributed by atoms with E-state index in [2.05, 4.69) is 30.7 Å². The van der Waals surface area contributed by atoms with Crippen LogP contribution in [-0.4, -0.2) is 12.9 Å². The van der Waals surface area contributed by atoms with Gasteiger partial charge < -0.3 is 5.32 Å². The van der Waals surface area contributed by atoms with Crippen LogP contribution in [0.5, 0.6) is 0 Å². The summed E-state index contributed by atoms with van der Waals surface area (Å²) in [5.74, 6) is 1.45. The van der Waals surface area contributed by atoms with Crippen LogP contribution in [0, 0.1) is 5.92 Å². The Morgan fingerprint density at radius 3 is 2.55 bits per heavy atom. The molecule has 11 heavy (non-hydrogen) atoms. The summed E-state index contributed by atoms with van der Waals surface area (Å²) in [6, 6.07) is 0. The number of nitrogens with zero attached hydrogens (tertiary/aromatic N) is 1. The normalized spacial score (nSPS) is 14.4. The molecule has 64 valence electrons. The maximum Gasteiger partial charge on any atom is 0.0969 e. The number of hydrogen-bond acceptors (Lipinski definition) is 1. The molecule has 0 aliphatic heterocycles. The Morgan fingerprint density at radius 2 is 2.18 bits per heavy atom. The Bertz CT molecular complexity index is 159. The average Bonchev–Trinajstić information content (AvgIpc) is 2.02. The monoisotopic (exact) mass is 154 g/mol. The molecule has 0 aliphatic rings. The molecule has 0 aromatic heterocycles. The molecule has 0 fully saturated rings. The van der Waals surface area contributed by atoms with Gasteiger partial charge in [-0.3, -0.25) is 4.99 Å². The van der Waals surface area contributed by atoms with Crippen LogP contribution in [-0.2, 0) is 0 Å². The average molecular weight is 154 g/mol. The maximum absolute atomic E-state index is 3.99. The van der Waals surface area contributed by atoms with Gasteiger partial charge in [-0.15, -0.1) is 0 Å². The van der Waals surface area contributed by atoms with Crippen molar-refractivity contribution in [1.29, 1.82) is 0 Å². The van der Waals surface area contributed by atoms with E-state index in [1.54, 1.807) is 7.05 Å². The lowest BCUT2D eigenvalue weighted by Crippen LogP contribution is -2.22. The highest BCUT2D eigenvalue weighted by Crippen LogP contribution is 2.08. The van der Waals surface area contributed by atoms with Gasteiger partial charge in [0, 0.05) is 12.7 Å². The van der Waals surface area contributed by atoms with Gasteiger partial charge in [-0.25, -0.2) is 0 Å². The van der Waals surface area contributed by atoms with Gasteiger partial charge in [0.05, 0.1) is 5.84 Å². The third kappa shape index (κ3) is 3.81. The van der Waals surface area contributed by atoms with Gasteiger partial charge in [0.25, 0.3) is 0 Å². The Labute approximate surface area is 69.4 Å². The lowest BCUT2D eigenvalue weighted by atomic mass is 10.1. The lowest BCUT2D eigenvalue weighted by molar-refractivity contribution is 0.631. The second-order valence-electron chi connectivity index (χ2n) is 2.77. The first-order chi connectivity index (χ1) is 5.11. The predicted octanol–water partition coefficient (Wildman–Crippen LogP) is 2.18. The molecule has 0 unspecified atom stereocenters. The Morgan fingerprint density at radius 1 is 1.64 bits per heavy atom. The van der Waals surface area contributed by atoms with Crippen molar-refractivity contribution in [2.24, 2.45) is 10.9 Å². The van der Waals surface area contributed by atoms with E-state index in [-0.39, 0.29) is 0 Å². The molecule has 0 amide bonds. The zero-order chi connectivity index (χ0) is 8.85. The van der Waals surface area contributed by atoms with Crippen molar-refractivity contribution < 1.29 is 0 Å². The summed E-state index contributed by atoms with van der Waals surface area (Å²) < 4.78 is 0. The zero-order valence-corrected chi connectivity index (χ0v) is 7.94. The predicted molar refractivity (Wildman–Crippen MR) is 50.8 cm³/mol. The molecule has 0 rings (SSSR count). The molecule has 1 N–H and O–H groups in total. The molecule has 1 atom stereocenters. The topological polar surface area (TPSA) is 24.4 Å². The van der Waals surface area contributed by atoms with Crippen molar-refractivity contribution in [1.82, 2.24) is 5.32 Å². The number of aliphatic imine (C=N–C) groups is 1. The molecule has 0 spiro atoms. The van der Waals surface area contributed by atoms with Gasteiger partial charge in [-0.05, 0) is 19.3 Å². The van der Waals surface area contributed by atoms with Crippen molar-refractivity contribution in [3.05, 3.63) is 12.3 Å². The summed E-state index contributed by atoms with van der Waals surface area (Å²) in [6.07, 6.45) is 1.11. The fraction of sp³-hybridized carbons (Fsp3) is 0.667. The van der Waals surface area contributed by atoms with Gasteiger partial charge in [-0.1, -0.05) is 20.4 Å². The van der Waals surface area contributed by atoms with E-state index in [1.165, 1.54) is 0 Å². The number of rotatable bonds is 3. The van der Waals surface area contributed by atoms with Gasteiger partial charge in [0.1, 0.15) is 0 Å². The molecule has 0 bridgehead atoms. The minimum Gasteiger partial charge on any atom is -0.348 e. The molecular formula is C9H18N2. The van der Waals surface area contributed by atoms with Crippen LogP contribution in [0.2, 0.25) is 0 Å². The Balaban J connectivity index is 3.87. The van der Waals surface area contributed by atoms with Crippen molar-refractivity contribution in [3.8, 4) is 0 Å². The second kappa shape index (κ2) is 4.94.